The van der Waals surface area contributed by atoms with Crippen LogP contribution in [0.2, 0.25) is 0 Å². The second kappa shape index (κ2) is 5.90. The fourth-order valence-corrected chi connectivity index (χ4v) is 3.48. The number of thioether (sulfide) groups is 1. The average Bonchev–Trinajstić information content (AvgIpc) is 2.88. The van der Waals surface area contributed by atoms with Crippen molar-refractivity contribution >= 4 is 17.4 Å². The first-order valence-corrected chi connectivity index (χ1v) is 7.97. The Hall–Kier alpha value is -1.81. The second-order valence-corrected chi connectivity index (χ2v) is 6.33. The van der Waals surface area contributed by atoms with Crippen molar-refractivity contribution in [2.45, 2.75) is 24.3 Å². The van der Waals surface area contributed by atoms with E-state index >= 15 is 0 Å². The smallest absolute Gasteiger partial charge is 0.123 e. The van der Waals surface area contributed by atoms with Gasteiger partial charge in [0.15, 0.2) is 0 Å². The molecule has 1 unspecified atom stereocenters. The van der Waals surface area contributed by atoms with Crippen molar-refractivity contribution in [3.05, 3.63) is 47.5 Å². The number of hydrogen-bond donors (Lipinski definition) is 1. The molecular weight excluding hydrogens is 282 g/mol. The minimum Gasteiger partial charge on any atom is -0.497 e. The molecule has 0 saturated heterocycles. The first kappa shape index (κ1) is 14.1. The third-order valence-electron chi connectivity index (χ3n) is 3.60. The number of methoxy groups -OCH3 is 1. The highest BCUT2D eigenvalue weighted by atomic mass is 32.2. The number of anilines is 1. The minimum atomic E-state index is 0.206. The van der Waals surface area contributed by atoms with Gasteiger partial charge in [-0.1, -0.05) is 17.7 Å². The zero-order valence-corrected chi connectivity index (χ0v) is 13.1. The molecular formula is C17H19NO2S. The number of nitrogens with two attached hydrogens (primary N) is 1. The van der Waals surface area contributed by atoms with Crippen LogP contribution in [0.25, 0.3) is 0 Å². The van der Waals surface area contributed by atoms with Gasteiger partial charge in [-0.15, -0.1) is 11.8 Å². The molecule has 3 nitrogen and oxygen atoms in total. The van der Waals surface area contributed by atoms with Crippen LogP contribution in [-0.4, -0.2) is 19.0 Å². The fraction of sp³-hybridized carbons (Fsp3) is 0.294. The molecule has 0 aromatic heterocycles. The molecule has 1 atom stereocenters. The van der Waals surface area contributed by atoms with E-state index in [1.807, 2.05) is 18.2 Å². The summed E-state index contributed by atoms with van der Waals surface area (Å²) in [5.74, 6) is 2.73. The molecule has 2 N–H and O–H groups in total. The molecule has 1 aliphatic rings. The molecule has 21 heavy (non-hydrogen) atoms. The molecule has 0 bridgehead atoms. The lowest BCUT2D eigenvalue weighted by Crippen LogP contribution is -2.15. The standard InChI is InChI=1S/C17H19NO2S/c1-11-3-6-16-12(7-11)8-14(20-16)10-21-17-9-13(19-2)4-5-15(17)18/h3-7,9,14H,8,10,18H2,1-2H3. The van der Waals surface area contributed by atoms with Gasteiger partial charge >= 0.3 is 0 Å². The van der Waals surface area contributed by atoms with E-state index in [0.29, 0.717) is 0 Å². The Bertz CT molecular complexity index is 657. The van der Waals surface area contributed by atoms with Crippen LogP contribution in [0.1, 0.15) is 11.1 Å². The predicted octanol–water partition coefficient (Wildman–Crippen LogP) is 3.68. The molecule has 1 aliphatic heterocycles. The maximum absolute atomic E-state index is 6.02. The van der Waals surface area contributed by atoms with E-state index in [9.17, 15) is 0 Å². The highest BCUT2D eigenvalue weighted by Crippen LogP contribution is 2.34. The molecule has 0 radical (unpaired) electrons. The summed E-state index contributed by atoms with van der Waals surface area (Å²) < 4.78 is 11.2. The van der Waals surface area contributed by atoms with Gasteiger partial charge in [-0.3, -0.25) is 0 Å². The van der Waals surface area contributed by atoms with Crippen molar-refractivity contribution in [3.8, 4) is 11.5 Å². The Balaban J connectivity index is 1.65. The van der Waals surface area contributed by atoms with Crippen molar-refractivity contribution in [1.29, 1.82) is 0 Å². The van der Waals surface area contributed by atoms with Gasteiger partial charge in [0.25, 0.3) is 0 Å². The summed E-state index contributed by atoms with van der Waals surface area (Å²) in [4.78, 5) is 1.05. The SMILES string of the molecule is COc1ccc(N)c(SCC2Cc3cc(C)ccc3O2)c1. The van der Waals surface area contributed by atoms with E-state index in [1.165, 1.54) is 11.1 Å². The Kier molecular flexibility index (Phi) is 3.97. The molecule has 0 saturated carbocycles. The molecule has 2 aromatic carbocycles. The van der Waals surface area contributed by atoms with Crippen LogP contribution in [0.3, 0.4) is 0 Å². The second-order valence-electron chi connectivity index (χ2n) is 5.27. The molecule has 2 aromatic rings. The number of benzene rings is 2. The first-order chi connectivity index (χ1) is 10.2. The summed E-state index contributed by atoms with van der Waals surface area (Å²) in [5.41, 5.74) is 9.39. The molecule has 1 heterocycles. The summed E-state index contributed by atoms with van der Waals surface area (Å²) in [7, 11) is 1.67. The summed E-state index contributed by atoms with van der Waals surface area (Å²) in [6, 6.07) is 12.1. The van der Waals surface area contributed by atoms with Crippen LogP contribution < -0.4 is 15.2 Å². The maximum Gasteiger partial charge on any atom is 0.123 e. The van der Waals surface area contributed by atoms with Gasteiger partial charge in [-0.2, -0.15) is 0 Å². The quantitative estimate of drug-likeness (QED) is 0.691. The largest absolute Gasteiger partial charge is 0.497 e. The Labute approximate surface area is 129 Å². The minimum absolute atomic E-state index is 0.206. The normalized spacial score (nSPS) is 16.4. The van der Waals surface area contributed by atoms with Gasteiger partial charge in [0.1, 0.15) is 17.6 Å². The van der Waals surface area contributed by atoms with Crippen LogP contribution in [0.5, 0.6) is 11.5 Å². The van der Waals surface area contributed by atoms with Crippen molar-refractivity contribution in [2.75, 3.05) is 18.6 Å². The Morgan fingerprint density at radius 3 is 2.95 bits per heavy atom. The van der Waals surface area contributed by atoms with Crippen molar-refractivity contribution in [3.63, 3.8) is 0 Å². The Morgan fingerprint density at radius 2 is 2.14 bits per heavy atom. The van der Waals surface area contributed by atoms with E-state index in [1.54, 1.807) is 18.9 Å². The van der Waals surface area contributed by atoms with Crippen molar-refractivity contribution < 1.29 is 9.47 Å². The van der Waals surface area contributed by atoms with Crippen LogP contribution in [0, 0.1) is 6.92 Å². The highest BCUT2D eigenvalue weighted by Gasteiger charge is 2.23. The summed E-state index contributed by atoms with van der Waals surface area (Å²) in [6.45, 7) is 2.11. The van der Waals surface area contributed by atoms with Gasteiger partial charge in [0.2, 0.25) is 0 Å². The molecule has 110 valence electrons. The van der Waals surface area contributed by atoms with E-state index in [4.69, 9.17) is 15.2 Å². The number of aryl methyl sites for hydroxylation is 1. The van der Waals surface area contributed by atoms with Gasteiger partial charge in [0, 0.05) is 22.8 Å². The van der Waals surface area contributed by atoms with Crippen LogP contribution in [0.15, 0.2) is 41.3 Å². The summed E-state index contributed by atoms with van der Waals surface area (Å²) in [5, 5.41) is 0. The van der Waals surface area contributed by atoms with Gasteiger partial charge in [-0.05, 0) is 36.8 Å². The molecule has 0 aliphatic carbocycles. The van der Waals surface area contributed by atoms with Gasteiger partial charge in [-0.25, -0.2) is 0 Å². The van der Waals surface area contributed by atoms with Crippen LogP contribution >= 0.6 is 11.8 Å². The lowest BCUT2D eigenvalue weighted by atomic mass is 10.1. The predicted molar refractivity (Wildman–Crippen MR) is 87.4 cm³/mol. The summed E-state index contributed by atoms with van der Waals surface area (Å²) in [6.07, 6.45) is 1.17. The van der Waals surface area contributed by atoms with Crippen LogP contribution in [-0.2, 0) is 6.42 Å². The third kappa shape index (κ3) is 3.10. The molecule has 0 fully saturated rings. The topological polar surface area (TPSA) is 44.5 Å². The number of ether oxygens (including phenoxy) is 2. The zero-order chi connectivity index (χ0) is 14.8. The lowest BCUT2D eigenvalue weighted by Gasteiger charge is -2.12. The van der Waals surface area contributed by atoms with E-state index < -0.39 is 0 Å². The molecule has 3 rings (SSSR count). The third-order valence-corrected chi connectivity index (χ3v) is 4.81. The number of rotatable bonds is 4. The molecule has 0 spiro atoms. The van der Waals surface area contributed by atoms with Gasteiger partial charge in [0.05, 0.1) is 7.11 Å². The van der Waals surface area contributed by atoms with E-state index in [2.05, 4.69) is 25.1 Å². The number of fused-ring (bicyclic) bond motifs is 1. The highest BCUT2D eigenvalue weighted by molar-refractivity contribution is 7.99. The lowest BCUT2D eigenvalue weighted by molar-refractivity contribution is 0.259. The van der Waals surface area contributed by atoms with Crippen LogP contribution in [0.4, 0.5) is 5.69 Å². The van der Waals surface area contributed by atoms with E-state index in [-0.39, 0.29) is 6.10 Å². The molecule has 4 heteroatoms. The van der Waals surface area contributed by atoms with E-state index in [0.717, 1.165) is 34.3 Å². The van der Waals surface area contributed by atoms with Crippen molar-refractivity contribution in [1.82, 2.24) is 0 Å². The van der Waals surface area contributed by atoms with Gasteiger partial charge < -0.3 is 15.2 Å². The average molecular weight is 301 g/mol. The molecule has 0 amide bonds. The summed E-state index contributed by atoms with van der Waals surface area (Å²) >= 11 is 1.72. The monoisotopic (exact) mass is 301 g/mol. The first-order valence-electron chi connectivity index (χ1n) is 6.98. The maximum atomic E-state index is 6.02. The number of hydrogen-bond acceptors (Lipinski definition) is 4. The zero-order valence-electron chi connectivity index (χ0n) is 12.3. The number of nitrogen functional groups attached to an aromatic ring is 1. The van der Waals surface area contributed by atoms with Crippen molar-refractivity contribution in [2.24, 2.45) is 0 Å². The fourth-order valence-electron chi connectivity index (χ4n) is 2.49. The Morgan fingerprint density at radius 1 is 1.29 bits per heavy atom.